The minimum absolute atomic E-state index is 0.264. The Morgan fingerprint density at radius 3 is 2.78 bits per heavy atom. The molecule has 0 spiro atoms. The highest BCUT2D eigenvalue weighted by atomic mass is 16.5. The Labute approximate surface area is 106 Å². The summed E-state index contributed by atoms with van der Waals surface area (Å²) < 4.78 is 10.8. The molecular weight excluding hydrogens is 230 g/mol. The summed E-state index contributed by atoms with van der Waals surface area (Å²) in [7, 11) is 1.60. The summed E-state index contributed by atoms with van der Waals surface area (Å²) in [6, 6.07) is 7.67. The Bertz CT molecular complexity index is 544. The van der Waals surface area contributed by atoms with E-state index in [4.69, 9.17) is 15.2 Å². The first-order valence-corrected chi connectivity index (χ1v) is 5.57. The van der Waals surface area contributed by atoms with Gasteiger partial charge in [0.2, 0.25) is 0 Å². The maximum Gasteiger partial charge on any atom is 0.322 e. The molecule has 0 saturated heterocycles. The normalized spacial score (nSPS) is 10.2. The third-order valence-corrected chi connectivity index (χ3v) is 2.42. The second kappa shape index (κ2) is 5.46. The van der Waals surface area contributed by atoms with Crippen LogP contribution in [-0.2, 0) is 6.54 Å². The smallest absolute Gasteiger partial charge is 0.322 e. The second-order valence-corrected chi connectivity index (χ2v) is 3.79. The second-order valence-electron chi connectivity index (χ2n) is 3.79. The number of aryl methyl sites for hydroxylation is 1. The molecule has 0 aliphatic rings. The molecule has 5 nitrogen and oxygen atoms in total. The van der Waals surface area contributed by atoms with Crippen LogP contribution in [0.3, 0.4) is 0 Å². The van der Waals surface area contributed by atoms with Crippen LogP contribution in [0, 0.1) is 6.92 Å². The number of aromatic nitrogens is 2. The molecule has 0 radical (unpaired) electrons. The van der Waals surface area contributed by atoms with Crippen molar-refractivity contribution in [2.24, 2.45) is 5.73 Å². The van der Waals surface area contributed by atoms with Gasteiger partial charge >= 0.3 is 6.01 Å². The predicted molar refractivity (Wildman–Crippen MR) is 67.7 cm³/mol. The molecule has 0 aliphatic carbocycles. The van der Waals surface area contributed by atoms with Gasteiger partial charge in [0.05, 0.1) is 12.8 Å². The Morgan fingerprint density at radius 1 is 1.22 bits per heavy atom. The van der Waals surface area contributed by atoms with Gasteiger partial charge in [0.1, 0.15) is 0 Å². The fraction of sp³-hybridized carbons (Fsp3) is 0.231. The van der Waals surface area contributed by atoms with Crippen molar-refractivity contribution in [1.82, 2.24) is 9.97 Å². The average Bonchev–Trinajstić information content (AvgIpc) is 2.41. The van der Waals surface area contributed by atoms with Crippen molar-refractivity contribution in [1.29, 1.82) is 0 Å². The van der Waals surface area contributed by atoms with Crippen molar-refractivity contribution < 1.29 is 9.47 Å². The molecule has 1 aromatic heterocycles. The lowest BCUT2D eigenvalue weighted by molar-refractivity contribution is 0.367. The minimum Gasteiger partial charge on any atom is -0.493 e. The van der Waals surface area contributed by atoms with Crippen LogP contribution in [0.15, 0.2) is 30.5 Å². The predicted octanol–water partition coefficient (Wildman–Crippen LogP) is 2.04. The van der Waals surface area contributed by atoms with Gasteiger partial charge < -0.3 is 15.2 Å². The molecule has 2 N–H and O–H groups in total. The van der Waals surface area contributed by atoms with E-state index in [9.17, 15) is 0 Å². The van der Waals surface area contributed by atoms with E-state index in [1.54, 1.807) is 19.4 Å². The van der Waals surface area contributed by atoms with Crippen LogP contribution >= 0.6 is 0 Å². The Morgan fingerprint density at radius 2 is 2.06 bits per heavy atom. The summed E-state index contributed by atoms with van der Waals surface area (Å²) in [6.07, 6.45) is 1.62. The zero-order chi connectivity index (χ0) is 13.0. The van der Waals surface area contributed by atoms with Crippen molar-refractivity contribution in [3.8, 4) is 17.5 Å². The molecule has 0 saturated carbocycles. The number of nitrogens with two attached hydrogens (primary N) is 1. The van der Waals surface area contributed by atoms with Gasteiger partial charge in [0, 0.05) is 12.7 Å². The molecular formula is C13H15N3O2. The van der Waals surface area contributed by atoms with E-state index in [0.717, 1.165) is 11.3 Å². The maximum absolute atomic E-state index is 5.60. The number of methoxy groups -OCH3 is 1. The van der Waals surface area contributed by atoms with Gasteiger partial charge in [-0.3, -0.25) is 0 Å². The van der Waals surface area contributed by atoms with Crippen molar-refractivity contribution >= 4 is 0 Å². The minimum atomic E-state index is 0.264. The van der Waals surface area contributed by atoms with E-state index in [2.05, 4.69) is 9.97 Å². The number of ether oxygens (including phenoxy) is 2. The van der Waals surface area contributed by atoms with Crippen LogP contribution in [-0.4, -0.2) is 17.1 Å². The molecule has 2 aromatic rings. The van der Waals surface area contributed by atoms with E-state index < -0.39 is 0 Å². The van der Waals surface area contributed by atoms with Crippen LogP contribution < -0.4 is 15.2 Å². The average molecular weight is 245 g/mol. The third-order valence-electron chi connectivity index (χ3n) is 2.42. The number of hydrogen-bond donors (Lipinski definition) is 1. The zero-order valence-electron chi connectivity index (χ0n) is 10.4. The molecule has 0 aliphatic heterocycles. The molecule has 94 valence electrons. The molecule has 18 heavy (non-hydrogen) atoms. The highest BCUT2D eigenvalue weighted by Crippen LogP contribution is 2.30. The number of rotatable bonds is 4. The van der Waals surface area contributed by atoms with Gasteiger partial charge in [0.15, 0.2) is 11.5 Å². The molecule has 0 atom stereocenters. The van der Waals surface area contributed by atoms with Crippen LogP contribution in [0.1, 0.15) is 11.3 Å². The van der Waals surface area contributed by atoms with Gasteiger partial charge in [-0.15, -0.1) is 0 Å². The molecule has 0 fully saturated rings. The van der Waals surface area contributed by atoms with Gasteiger partial charge in [-0.25, -0.2) is 4.98 Å². The van der Waals surface area contributed by atoms with E-state index >= 15 is 0 Å². The summed E-state index contributed by atoms with van der Waals surface area (Å²) in [6.45, 7) is 2.34. The fourth-order valence-electron chi connectivity index (χ4n) is 1.50. The largest absolute Gasteiger partial charge is 0.493 e. The van der Waals surface area contributed by atoms with E-state index in [1.165, 1.54) is 0 Å². The zero-order valence-corrected chi connectivity index (χ0v) is 10.4. The lowest BCUT2D eigenvalue weighted by Gasteiger charge is -2.09. The Kier molecular flexibility index (Phi) is 3.74. The van der Waals surface area contributed by atoms with Crippen molar-refractivity contribution in [2.45, 2.75) is 13.5 Å². The van der Waals surface area contributed by atoms with E-state index in [0.29, 0.717) is 18.0 Å². The number of hydrogen-bond acceptors (Lipinski definition) is 5. The van der Waals surface area contributed by atoms with E-state index in [-0.39, 0.29) is 6.01 Å². The Balaban J connectivity index is 2.27. The molecule has 1 heterocycles. The molecule has 0 amide bonds. The van der Waals surface area contributed by atoms with Crippen molar-refractivity contribution in [3.63, 3.8) is 0 Å². The summed E-state index contributed by atoms with van der Waals surface area (Å²) in [4.78, 5) is 8.21. The molecule has 2 rings (SSSR count). The summed E-state index contributed by atoms with van der Waals surface area (Å²) in [5.74, 6) is 1.23. The highest BCUT2D eigenvalue weighted by molar-refractivity contribution is 5.43. The van der Waals surface area contributed by atoms with Crippen LogP contribution in [0.5, 0.6) is 17.5 Å². The molecule has 0 bridgehead atoms. The SMILES string of the molecule is COc1cc(C)ccc1Oc1nccc(CN)n1. The van der Waals surface area contributed by atoms with Crippen molar-refractivity contribution in [3.05, 3.63) is 41.7 Å². The van der Waals surface area contributed by atoms with Gasteiger partial charge in [-0.1, -0.05) is 6.07 Å². The summed E-state index contributed by atoms with van der Waals surface area (Å²) in [5.41, 5.74) is 7.34. The summed E-state index contributed by atoms with van der Waals surface area (Å²) in [5, 5.41) is 0. The third kappa shape index (κ3) is 2.75. The standard InChI is InChI=1S/C13H15N3O2/c1-9-3-4-11(12(7-9)17-2)18-13-15-6-5-10(8-14)16-13/h3-7H,8,14H2,1-2H3. The van der Waals surface area contributed by atoms with Crippen LogP contribution in [0.25, 0.3) is 0 Å². The molecule has 0 unspecified atom stereocenters. The molecule has 5 heteroatoms. The van der Waals surface area contributed by atoms with E-state index in [1.807, 2.05) is 25.1 Å². The number of nitrogens with zero attached hydrogens (tertiary/aromatic N) is 2. The lowest BCUT2D eigenvalue weighted by Crippen LogP contribution is -2.02. The van der Waals surface area contributed by atoms with Crippen molar-refractivity contribution in [2.75, 3.05) is 7.11 Å². The van der Waals surface area contributed by atoms with Crippen LogP contribution in [0.4, 0.5) is 0 Å². The maximum atomic E-state index is 5.60. The first kappa shape index (κ1) is 12.3. The Hall–Kier alpha value is -2.14. The topological polar surface area (TPSA) is 70.3 Å². The monoisotopic (exact) mass is 245 g/mol. The quantitative estimate of drug-likeness (QED) is 0.892. The lowest BCUT2D eigenvalue weighted by atomic mass is 10.2. The highest BCUT2D eigenvalue weighted by Gasteiger charge is 2.07. The molecule has 1 aromatic carbocycles. The summed E-state index contributed by atoms with van der Waals surface area (Å²) >= 11 is 0. The first-order chi connectivity index (χ1) is 8.72. The fourth-order valence-corrected chi connectivity index (χ4v) is 1.50. The van der Waals surface area contributed by atoms with Gasteiger partial charge in [-0.2, -0.15) is 4.98 Å². The van der Waals surface area contributed by atoms with Crippen LogP contribution in [0.2, 0.25) is 0 Å². The number of benzene rings is 1. The first-order valence-electron chi connectivity index (χ1n) is 5.57. The van der Waals surface area contributed by atoms with Gasteiger partial charge in [-0.05, 0) is 30.7 Å². The van der Waals surface area contributed by atoms with Gasteiger partial charge in [0.25, 0.3) is 0 Å².